The topological polar surface area (TPSA) is 51.0 Å². The van der Waals surface area contributed by atoms with Gasteiger partial charge in [-0.1, -0.05) is 25.1 Å². The van der Waals surface area contributed by atoms with Gasteiger partial charge in [-0.25, -0.2) is 0 Å². The summed E-state index contributed by atoms with van der Waals surface area (Å²) in [4.78, 5) is 0. The predicted molar refractivity (Wildman–Crippen MR) is 76.1 cm³/mol. The first-order valence-electron chi connectivity index (χ1n) is 6.82. The molecule has 0 bridgehead atoms. The van der Waals surface area contributed by atoms with E-state index in [0.29, 0.717) is 11.8 Å². The molecule has 0 aliphatic rings. The maximum Gasteiger partial charge on any atom is 0.248 e. The summed E-state index contributed by atoms with van der Waals surface area (Å²) < 4.78 is 5.75. The Bertz CT molecular complexity index is 514. The van der Waals surface area contributed by atoms with Crippen LogP contribution in [0.15, 0.2) is 22.6 Å². The van der Waals surface area contributed by atoms with Crippen molar-refractivity contribution in [3.8, 4) is 11.5 Å². The largest absolute Gasteiger partial charge is 0.421 e. The van der Waals surface area contributed by atoms with Crippen LogP contribution in [0.2, 0.25) is 0 Å². The lowest BCUT2D eigenvalue weighted by molar-refractivity contribution is 0.494. The first-order valence-corrected chi connectivity index (χ1v) is 6.82. The van der Waals surface area contributed by atoms with Gasteiger partial charge >= 0.3 is 0 Å². The highest BCUT2D eigenvalue weighted by Crippen LogP contribution is 2.25. The Kier molecular flexibility index (Phi) is 4.68. The molecule has 2 aromatic rings. The monoisotopic (exact) mass is 259 g/mol. The Balaban J connectivity index is 2.08. The standard InChI is InChI=1S/C15H21N3O/c1-4-9-16-10-8-13-17-18-15(19-13)14-11(2)6-5-7-12(14)3/h5-7,16H,4,8-10H2,1-3H3. The zero-order valence-electron chi connectivity index (χ0n) is 11.9. The molecule has 1 heterocycles. The number of benzene rings is 1. The second kappa shape index (κ2) is 6.48. The Morgan fingerprint density at radius 2 is 1.84 bits per heavy atom. The van der Waals surface area contributed by atoms with Crippen molar-refractivity contribution in [2.45, 2.75) is 33.6 Å². The van der Waals surface area contributed by atoms with Crippen LogP contribution >= 0.6 is 0 Å². The van der Waals surface area contributed by atoms with Crippen molar-refractivity contribution in [3.63, 3.8) is 0 Å². The lowest BCUT2D eigenvalue weighted by atomic mass is 10.0. The molecule has 102 valence electrons. The zero-order valence-corrected chi connectivity index (χ0v) is 11.9. The summed E-state index contributed by atoms with van der Waals surface area (Å²) in [5.74, 6) is 1.32. The van der Waals surface area contributed by atoms with Crippen molar-refractivity contribution in [1.82, 2.24) is 15.5 Å². The zero-order chi connectivity index (χ0) is 13.7. The van der Waals surface area contributed by atoms with Crippen LogP contribution in [0, 0.1) is 13.8 Å². The minimum absolute atomic E-state index is 0.626. The highest BCUT2D eigenvalue weighted by molar-refractivity contribution is 5.62. The third-order valence-corrected chi connectivity index (χ3v) is 3.10. The smallest absolute Gasteiger partial charge is 0.248 e. The Morgan fingerprint density at radius 3 is 2.53 bits per heavy atom. The molecule has 19 heavy (non-hydrogen) atoms. The van der Waals surface area contributed by atoms with Crippen molar-refractivity contribution in [1.29, 1.82) is 0 Å². The molecule has 0 saturated heterocycles. The van der Waals surface area contributed by atoms with E-state index in [1.165, 1.54) is 11.1 Å². The van der Waals surface area contributed by atoms with Crippen LogP contribution in [0.3, 0.4) is 0 Å². The summed E-state index contributed by atoms with van der Waals surface area (Å²) in [6, 6.07) is 6.17. The normalized spacial score (nSPS) is 10.9. The summed E-state index contributed by atoms with van der Waals surface area (Å²) in [6.07, 6.45) is 1.91. The molecule has 0 fully saturated rings. The average molecular weight is 259 g/mol. The van der Waals surface area contributed by atoms with E-state index in [-0.39, 0.29) is 0 Å². The third-order valence-electron chi connectivity index (χ3n) is 3.10. The molecule has 1 N–H and O–H groups in total. The summed E-state index contributed by atoms with van der Waals surface area (Å²) >= 11 is 0. The molecule has 4 nitrogen and oxygen atoms in total. The number of aryl methyl sites for hydroxylation is 2. The van der Waals surface area contributed by atoms with Crippen molar-refractivity contribution in [2.24, 2.45) is 0 Å². The van der Waals surface area contributed by atoms with Gasteiger partial charge in [-0.05, 0) is 37.9 Å². The second-order valence-corrected chi connectivity index (χ2v) is 4.77. The van der Waals surface area contributed by atoms with Gasteiger partial charge in [0.25, 0.3) is 0 Å². The quantitative estimate of drug-likeness (QED) is 0.810. The van der Waals surface area contributed by atoms with E-state index in [0.717, 1.165) is 31.5 Å². The molecule has 0 spiro atoms. The molecule has 4 heteroatoms. The van der Waals surface area contributed by atoms with Gasteiger partial charge in [-0.3, -0.25) is 0 Å². The number of rotatable bonds is 6. The van der Waals surface area contributed by atoms with Gasteiger partial charge in [0.15, 0.2) is 0 Å². The predicted octanol–water partition coefficient (Wildman–Crippen LogP) is 2.90. The van der Waals surface area contributed by atoms with Gasteiger partial charge in [0.2, 0.25) is 11.8 Å². The highest BCUT2D eigenvalue weighted by atomic mass is 16.4. The Hall–Kier alpha value is -1.68. The van der Waals surface area contributed by atoms with Gasteiger partial charge in [0.05, 0.1) is 0 Å². The molecule has 0 amide bonds. The summed E-state index contributed by atoms with van der Waals surface area (Å²) in [5.41, 5.74) is 3.39. The van der Waals surface area contributed by atoms with Gasteiger partial charge in [-0.2, -0.15) is 0 Å². The lowest BCUT2D eigenvalue weighted by Gasteiger charge is -2.04. The van der Waals surface area contributed by atoms with Crippen LogP contribution in [-0.4, -0.2) is 23.3 Å². The molecule has 2 rings (SSSR count). The van der Waals surface area contributed by atoms with Crippen molar-refractivity contribution < 1.29 is 4.42 Å². The minimum Gasteiger partial charge on any atom is -0.421 e. The Morgan fingerprint density at radius 1 is 1.11 bits per heavy atom. The second-order valence-electron chi connectivity index (χ2n) is 4.77. The third kappa shape index (κ3) is 3.41. The van der Waals surface area contributed by atoms with Crippen molar-refractivity contribution in [2.75, 3.05) is 13.1 Å². The van der Waals surface area contributed by atoms with Gasteiger partial charge in [0, 0.05) is 18.5 Å². The number of aromatic nitrogens is 2. The maximum atomic E-state index is 5.75. The average Bonchev–Trinajstić information content (AvgIpc) is 2.83. The van der Waals surface area contributed by atoms with Gasteiger partial charge in [0.1, 0.15) is 0 Å². The minimum atomic E-state index is 0.626. The Labute approximate surface area is 114 Å². The number of hydrogen-bond donors (Lipinski definition) is 1. The number of hydrogen-bond acceptors (Lipinski definition) is 4. The fourth-order valence-corrected chi connectivity index (χ4v) is 2.10. The van der Waals surface area contributed by atoms with E-state index in [4.69, 9.17) is 4.42 Å². The first kappa shape index (κ1) is 13.7. The molecule has 0 aliphatic heterocycles. The molecule has 0 saturated carbocycles. The van der Waals surface area contributed by atoms with Crippen LogP contribution in [0.5, 0.6) is 0 Å². The van der Waals surface area contributed by atoms with E-state index in [9.17, 15) is 0 Å². The fourth-order valence-electron chi connectivity index (χ4n) is 2.10. The van der Waals surface area contributed by atoms with Crippen LogP contribution in [0.1, 0.15) is 30.4 Å². The van der Waals surface area contributed by atoms with Crippen LogP contribution in [0.4, 0.5) is 0 Å². The first-order chi connectivity index (χ1) is 9.22. The number of nitrogens with zero attached hydrogens (tertiary/aromatic N) is 2. The van der Waals surface area contributed by atoms with E-state index in [1.54, 1.807) is 0 Å². The molecule has 0 aliphatic carbocycles. The van der Waals surface area contributed by atoms with Crippen LogP contribution in [0.25, 0.3) is 11.5 Å². The molecule has 0 atom stereocenters. The van der Waals surface area contributed by atoms with E-state index in [2.05, 4.69) is 48.4 Å². The lowest BCUT2D eigenvalue weighted by Crippen LogP contribution is -2.17. The van der Waals surface area contributed by atoms with Crippen LogP contribution in [-0.2, 0) is 6.42 Å². The number of nitrogens with one attached hydrogen (secondary N) is 1. The van der Waals surface area contributed by atoms with Crippen molar-refractivity contribution in [3.05, 3.63) is 35.2 Å². The SMILES string of the molecule is CCCNCCc1nnc(-c2c(C)cccc2C)o1. The van der Waals surface area contributed by atoms with E-state index >= 15 is 0 Å². The summed E-state index contributed by atoms with van der Waals surface area (Å²) in [5, 5.41) is 11.6. The van der Waals surface area contributed by atoms with Crippen LogP contribution < -0.4 is 5.32 Å². The molecule has 0 unspecified atom stereocenters. The molecular formula is C15H21N3O. The summed E-state index contributed by atoms with van der Waals surface area (Å²) in [6.45, 7) is 8.18. The van der Waals surface area contributed by atoms with E-state index < -0.39 is 0 Å². The molecule has 1 aromatic heterocycles. The molecular weight excluding hydrogens is 238 g/mol. The van der Waals surface area contributed by atoms with E-state index in [1.807, 2.05) is 6.07 Å². The summed E-state index contributed by atoms with van der Waals surface area (Å²) in [7, 11) is 0. The fraction of sp³-hybridized carbons (Fsp3) is 0.467. The highest BCUT2D eigenvalue weighted by Gasteiger charge is 2.12. The maximum absolute atomic E-state index is 5.75. The van der Waals surface area contributed by atoms with Gasteiger partial charge in [-0.15, -0.1) is 10.2 Å². The molecule has 1 aromatic carbocycles. The van der Waals surface area contributed by atoms with Crippen molar-refractivity contribution >= 4 is 0 Å². The molecule has 0 radical (unpaired) electrons. The van der Waals surface area contributed by atoms with Gasteiger partial charge < -0.3 is 9.73 Å².